The van der Waals surface area contributed by atoms with Crippen molar-refractivity contribution in [2.45, 2.75) is 25.5 Å². The predicted molar refractivity (Wildman–Crippen MR) is 92.5 cm³/mol. The number of esters is 1. The summed E-state index contributed by atoms with van der Waals surface area (Å²) in [5.74, 6) is -0.542. The number of carbonyl (C=O) groups excluding carboxylic acids is 1. The fraction of sp³-hybridized carbons (Fsp3) is 0.529. The van der Waals surface area contributed by atoms with Crippen molar-refractivity contribution in [3.63, 3.8) is 0 Å². The quantitative estimate of drug-likeness (QED) is 0.835. The molecule has 2 aromatic rings. The van der Waals surface area contributed by atoms with Crippen LogP contribution in [-0.4, -0.2) is 52.1 Å². The molecule has 1 N–H and O–H groups in total. The largest absolute Gasteiger partial charge is 0.467 e. The second kappa shape index (κ2) is 7.46. The zero-order valence-corrected chi connectivity index (χ0v) is 14.8. The summed E-state index contributed by atoms with van der Waals surface area (Å²) in [5, 5.41) is 16.6. The number of aryl methyl sites for hydroxylation is 1. The Morgan fingerprint density at radius 3 is 2.88 bits per heavy atom. The first-order valence-corrected chi connectivity index (χ1v) is 9.01. The minimum Gasteiger partial charge on any atom is -0.467 e. The summed E-state index contributed by atoms with van der Waals surface area (Å²) >= 11 is 1.70. The smallest absolute Gasteiger partial charge is 0.334 e. The molecule has 0 saturated carbocycles. The number of methoxy groups -OCH3 is 1. The molecule has 0 aliphatic carbocycles. The number of hydrogen-bond acceptors (Lipinski definition) is 6. The van der Waals surface area contributed by atoms with Gasteiger partial charge in [0.25, 0.3) is 0 Å². The maximum Gasteiger partial charge on any atom is 0.334 e. The van der Waals surface area contributed by atoms with E-state index in [2.05, 4.69) is 32.4 Å². The van der Waals surface area contributed by atoms with Gasteiger partial charge in [0.2, 0.25) is 0 Å². The zero-order chi connectivity index (χ0) is 17.1. The predicted octanol–water partition coefficient (Wildman–Crippen LogP) is 1.89. The molecule has 1 atom stereocenters. The Labute approximate surface area is 145 Å². The van der Waals surface area contributed by atoms with Crippen molar-refractivity contribution in [2.24, 2.45) is 13.0 Å². The van der Waals surface area contributed by atoms with Crippen molar-refractivity contribution in [3.05, 3.63) is 29.3 Å². The van der Waals surface area contributed by atoms with Gasteiger partial charge in [0.05, 0.1) is 12.0 Å². The SMILES string of the molecule is COC(=O)[C@@H](O)C1CCN(Cc2cn(C)nc2-c2cccs2)CC1. The number of hydrogen-bond donors (Lipinski definition) is 1. The Morgan fingerprint density at radius 1 is 1.50 bits per heavy atom. The van der Waals surface area contributed by atoms with Gasteiger partial charge in [-0.25, -0.2) is 4.79 Å². The maximum atomic E-state index is 11.5. The summed E-state index contributed by atoms with van der Waals surface area (Å²) in [6.07, 6.45) is 2.66. The molecule has 0 amide bonds. The summed E-state index contributed by atoms with van der Waals surface area (Å²) in [4.78, 5) is 15.0. The lowest BCUT2D eigenvalue weighted by Crippen LogP contribution is -2.40. The van der Waals surface area contributed by atoms with E-state index in [4.69, 9.17) is 0 Å². The minimum absolute atomic E-state index is 0.0145. The van der Waals surface area contributed by atoms with E-state index in [1.54, 1.807) is 11.3 Å². The number of likely N-dealkylation sites (tertiary alicyclic amines) is 1. The van der Waals surface area contributed by atoms with Gasteiger partial charge in [-0.1, -0.05) is 6.07 Å². The van der Waals surface area contributed by atoms with Crippen LogP contribution in [0.2, 0.25) is 0 Å². The van der Waals surface area contributed by atoms with Crippen LogP contribution in [-0.2, 0) is 23.1 Å². The number of nitrogens with zero attached hydrogens (tertiary/aromatic N) is 3. The normalized spacial score (nSPS) is 17.8. The third-order valence-electron chi connectivity index (χ3n) is 4.57. The van der Waals surface area contributed by atoms with Crippen molar-refractivity contribution < 1.29 is 14.6 Å². The molecule has 1 aliphatic rings. The average molecular weight is 349 g/mol. The van der Waals surface area contributed by atoms with E-state index in [0.717, 1.165) is 38.2 Å². The molecule has 0 bridgehead atoms. The van der Waals surface area contributed by atoms with Gasteiger partial charge >= 0.3 is 5.97 Å². The van der Waals surface area contributed by atoms with Crippen molar-refractivity contribution in [1.29, 1.82) is 0 Å². The average Bonchev–Trinajstić information content (AvgIpc) is 3.23. The van der Waals surface area contributed by atoms with Crippen LogP contribution >= 0.6 is 11.3 Å². The molecule has 1 saturated heterocycles. The maximum absolute atomic E-state index is 11.5. The molecule has 1 aliphatic heterocycles. The first-order chi connectivity index (χ1) is 11.6. The zero-order valence-electron chi connectivity index (χ0n) is 14.0. The van der Waals surface area contributed by atoms with Crippen LogP contribution in [0.15, 0.2) is 23.7 Å². The van der Waals surface area contributed by atoms with Crippen LogP contribution in [0.25, 0.3) is 10.6 Å². The van der Waals surface area contributed by atoms with Gasteiger partial charge in [0.1, 0.15) is 5.69 Å². The fourth-order valence-corrected chi connectivity index (χ4v) is 4.00. The minimum atomic E-state index is -1.00. The Morgan fingerprint density at radius 2 is 2.25 bits per heavy atom. The van der Waals surface area contributed by atoms with Gasteiger partial charge in [-0.2, -0.15) is 5.10 Å². The molecule has 3 rings (SSSR count). The highest BCUT2D eigenvalue weighted by atomic mass is 32.1. The van der Waals surface area contributed by atoms with Crippen LogP contribution in [0.5, 0.6) is 0 Å². The Balaban J connectivity index is 1.62. The molecular weight excluding hydrogens is 326 g/mol. The molecular formula is C17H23N3O3S. The molecule has 0 radical (unpaired) electrons. The molecule has 0 spiro atoms. The summed E-state index contributed by atoms with van der Waals surface area (Å²) in [5.41, 5.74) is 2.26. The van der Waals surface area contributed by atoms with Gasteiger partial charge in [0, 0.05) is 25.4 Å². The number of thiophene rings is 1. The van der Waals surface area contributed by atoms with E-state index < -0.39 is 12.1 Å². The molecule has 6 nitrogen and oxygen atoms in total. The van der Waals surface area contributed by atoms with E-state index in [-0.39, 0.29) is 5.92 Å². The lowest BCUT2D eigenvalue weighted by Gasteiger charge is -2.33. The highest BCUT2D eigenvalue weighted by Crippen LogP contribution is 2.29. The highest BCUT2D eigenvalue weighted by Gasteiger charge is 2.30. The Hall–Kier alpha value is -1.70. The van der Waals surface area contributed by atoms with Gasteiger partial charge in [-0.05, 0) is 43.3 Å². The second-order valence-corrected chi connectivity index (χ2v) is 7.18. The van der Waals surface area contributed by atoms with Crippen molar-refractivity contribution >= 4 is 17.3 Å². The number of ether oxygens (including phenoxy) is 1. The third-order valence-corrected chi connectivity index (χ3v) is 5.45. The first kappa shape index (κ1) is 17.1. The lowest BCUT2D eigenvalue weighted by atomic mass is 9.91. The van der Waals surface area contributed by atoms with Crippen molar-refractivity contribution in [2.75, 3.05) is 20.2 Å². The summed E-state index contributed by atoms with van der Waals surface area (Å²) in [7, 11) is 3.26. The molecule has 130 valence electrons. The van der Waals surface area contributed by atoms with Crippen LogP contribution in [0.4, 0.5) is 0 Å². The number of aliphatic hydroxyl groups excluding tert-OH is 1. The van der Waals surface area contributed by atoms with Crippen LogP contribution in [0.1, 0.15) is 18.4 Å². The lowest BCUT2D eigenvalue weighted by molar-refractivity contribution is -0.154. The van der Waals surface area contributed by atoms with Gasteiger partial charge in [0.15, 0.2) is 6.10 Å². The molecule has 1 fully saturated rings. The highest BCUT2D eigenvalue weighted by molar-refractivity contribution is 7.13. The third kappa shape index (κ3) is 3.68. The number of carbonyl (C=O) groups is 1. The Bertz CT molecular complexity index is 675. The second-order valence-electron chi connectivity index (χ2n) is 6.24. The van der Waals surface area contributed by atoms with Crippen molar-refractivity contribution in [3.8, 4) is 10.6 Å². The first-order valence-electron chi connectivity index (χ1n) is 8.13. The molecule has 0 unspecified atom stereocenters. The van der Waals surface area contributed by atoms with Crippen LogP contribution < -0.4 is 0 Å². The number of aromatic nitrogens is 2. The van der Waals surface area contributed by atoms with E-state index in [0.29, 0.717) is 0 Å². The number of aliphatic hydroxyl groups is 1. The molecule has 2 aromatic heterocycles. The number of rotatable bonds is 5. The van der Waals surface area contributed by atoms with E-state index in [9.17, 15) is 9.90 Å². The molecule has 3 heterocycles. The van der Waals surface area contributed by atoms with E-state index >= 15 is 0 Å². The monoisotopic (exact) mass is 349 g/mol. The summed E-state index contributed by atoms with van der Waals surface area (Å²) < 4.78 is 6.49. The van der Waals surface area contributed by atoms with Gasteiger partial charge in [-0.15, -0.1) is 11.3 Å². The summed E-state index contributed by atoms with van der Waals surface area (Å²) in [6.45, 7) is 2.55. The molecule has 7 heteroatoms. The molecule has 0 aromatic carbocycles. The van der Waals surface area contributed by atoms with Gasteiger partial charge in [-0.3, -0.25) is 9.58 Å². The standard InChI is InChI=1S/C17H23N3O3S/c1-19-10-13(15(18-19)14-4-3-9-24-14)11-20-7-5-12(6-8-20)16(21)17(22)23-2/h3-4,9-10,12,16,21H,5-8,11H2,1-2H3/t16-/m0/s1. The van der Waals surface area contributed by atoms with Gasteiger partial charge < -0.3 is 9.84 Å². The van der Waals surface area contributed by atoms with Crippen LogP contribution in [0, 0.1) is 5.92 Å². The van der Waals surface area contributed by atoms with Crippen LogP contribution in [0.3, 0.4) is 0 Å². The van der Waals surface area contributed by atoms with E-state index in [1.807, 2.05) is 17.8 Å². The molecule has 24 heavy (non-hydrogen) atoms. The fourth-order valence-electron chi connectivity index (χ4n) is 3.25. The number of piperidine rings is 1. The topological polar surface area (TPSA) is 67.6 Å². The summed E-state index contributed by atoms with van der Waals surface area (Å²) in [6, 6.07) is 4.13. The van der Waals surface area contributed by atoms with E-state index in [1.165, 1.54) is 17.6 Å². The van der Waals surface area contributed by atoms with Crippen molar-refractivity contribution in [1.82, 2.24) is 14.7 Å². The Kier molecular flexibility index (Phi) is 5.33.